The summed E-state index contributed by atoms with van der Waals surface area (Å²) in [5.74, 6) is 0.603. The Kier molecular flexibility index (Phi) is 3.64. The molecule has 0 saturated heterocycles. The van der Waals surface area contributed by atoms with Crippen LogP contribution in [-0.4, -0.2) is 27.4 Å². The maximum Gasteiger partial charge on any atom is 0.163 e. The quantitative estimate of drug-likeness (QED) is 0.675. The van der Waals surface area contributed by atoms with Crippen molar-refractivity contribution < 1.29 is 9.53 Å². The van der Waals surface area contributed by atoms with Gasteiger partial charge in [-0.25, -0.2) is 4.68 Å². The zero-order valence-corrected chi connectivity index (χ0v) is 11.7. The standard InChI is InChI=1S/C16H15N3O2/c1-12(20)13-6-2-5-9-16(13)21-11-10-19-15-8-4-3-7-14(15)17-18-19/h2-9H,10-11H2,1H3. The number of benzene rings is 2. The highest BCUT2D eigenvalue weighted by Crippen LogP contribution is 2.18. The molecule has 3 aromatic rings. The van der Waals surface area contributed by atoms with E-state index >= 15 is 0 Å². The molecule has 5 heteroatoms. The molecule has 0 aliphatic carbocycles. The number of carbonyl (C=O) groups is 1. The van der Waals surface area contributed by atoms with Gasteiger partial charge in [0.05, 0.1) is 17.6 Å². The Labute approximate surface area is 122 Å². The van der Waals surface area contributed by atoms with E-state index in [0.717, 1.165) is 11.0 Å². The molecular formula is C16H15N3O2. The first-order valence-electron chi connectivity index (χ1n) is 6.77. The summed E-state index contributed by atoms with van der Waals surface area (Å²) in [5, 5.41) is 8.20. The number of para-hydroxylation sites is 2. The zero-order valence-electron chi connectivity index (χ0n) is 11.7. The van der Waals surface area contributed by atoms with Crippen molar-refractivity contribution in [3.63, 3.8) is 0 Å². The predicted octanol–water partition coefficient (Wildman–Crippen LogP) is 2.71. The van der Waals surface area contributed by atoms with Gasteiger partial charge in [-0.05, 0) is 31.2 Å². The number of hydrogen-bond acceptors (Lipinski definition) is 4. The van der Waals surface area contributed by atoms with Crippen LogP contribution in [-0.2, 0) is 6.54 Å². The van der Waals surface area contributed by atoms with Crippen molar-refractivity contribution in [3.8, 4) is 5.75 Å². The summed E-state index contributed by atoms with van der Waals surface area (Å²) < 4.78 is 7.51. The lowest BCUT2D eigenvalue weighted by molar-refractivity contribution is 0.101. The van der Waals surface area contributed by atoms with Crippen molar-refractivity contribution >= 4 is 16.8 Å². The number of ether oxygens (including phenoxy) is 1. The molecule has 0 unspecified atom stereocenters. The summed E-state index contributed by atoms with van der Waals surface area (Å²) in [5.41, 5.74) is 2.43. The molecule has 5 nitrogen and oxygen atoms in total. The molecule has 0 aliphatic rings. The highest BCUT2D eigenvalue weighted by molar-refractivity contribution is 5.96. The highest BCUT2D eigenvalue weighted by Gasteiger charge is 2.08. The number of fused-ring (bicyclic) bond motifs is 1. The fraction of sp³-hybridized carbons (Fsp3) is 0.188. The maximum atomic E-state index is 11.5. The Morgan fingerprint density at radius 3 is 2.76 bits per heavy atom. The summed E-state index contributed by atoms with van der Waals surface area (Å²) in [6.07, 6.45) is 0. The number of Topliss-reactive ketones (excluding diaryl/α,β-unsaturated/α-hetero) is 1. The van der Waals surface area contributed by atoms with Gasteiger partial charge in [-0.2, -0.15) is 0 Å². The second kappa shape index (κ2) is 5.75. The van der Waals surface area contributed by atoms with Crippen LogP contribution >= 0.6 is 0 Å². The first-order chi connectivity index (χ1) is 10.3. The molecule has 1 aromatic heterocycles. The molecule has 1 heterocycles. The third-order valence-electron chi connectivity index (χ3n) is 3.25. The average molecular weight is 281 g/mol. The minimum absolute atomic E-state index is 0.00296. The van der Waals surface area contributed by atoms with Gasteiger partial charge >= 0.3 is 0 Å². The van der Waals surface area contributed by atoms with Crippen molar-refractivity contribution in [2.45, 2.75) is 13.5 Å². The predicted molar refractivity (Wildman–Crippen MR) is 79.5 cm³/mol. The zero-order chi connectivity index (χ0) is 14.7. The summed E-state index contributed by atoms with van der Waals surface area (Å²) in [7, 11) is 0. The van der Waals surface area contributed by atoms with E-state index in [1.807, 2.05) is 36.4 Å². The summed E-state index contributed by atoms with van der Waals surface area (Å²) in [6, 6.07) is 15.0. The second-order valence-corrected chi connectivity index (χ2v) is 4.70. The average Bonchev–Trinajstić information content (AvgIpc) is 2.91. The molecule has 3 rings (SSSR count). The van der Waals surface area contributed by atoms with Crippen LogP contribution in [0.25, 0.3) is 11.0 Å². The van der Waals surface area contributed by atoms with Crippen LogP contribution in [0.3, 0.4) is 0 Å². The van der Waals surface area contributed by atoms with E-state index in [4.69, 9.17) is 4.74 Å². The number of hydrogen-bond donors (Lipinski definition) is 0. The Morgan fingerprint density at radius 1 is 1.14 bits per heavy atom. The number of aromatic nitrogens is 3. The normalized spacial score (nSPS) is 10.7. The molecule has 0 spiro atoms. The van der Waals surface area contributed by atoms with Crippen molar-refractivity contribution in [2.75, 3.05) is 6.61 Å². The minimum Gasteiger partial charge on any atom is -0.491 e. The van der Waals surface area contributed by atoms with E-state index in [9.17, 15) is 4.79 Å². The SMILES string of the molecule is CC(=O)c1ccccc1OCCn1nnc2ccccc21. The van der Waals surface area contributed by atoms with Gasteiger partial charge in [0.1, 0.15) is 17.9 Å². The van der Waals surface area contributed by atoms with E-state index in [0.29, 0.717) is 24.5 Å². The van der Waals surface area contributed by atoms with Crippen molar-refractivity contribution in [1.29, 1.82) is 0 Å². The molecule has 2 aromatic carbocycles. The molecule has 0 N–H and O–H groups in total. The molecule has 0 radical (unpaired) electrons. The van der Waals surface area contributed by atoms with Crippen LogP contribution in [0, 0.1) is 0 Å². The lowest BCUT2D eigenvalue weighted by Gasteiger charge is -2.09. The molecule has 0 atom stereocenters. The van der Waals surface area contributed by atoms with Crippen LogP contribution in [0.15, 0.2) is 48.5 Å². The first-order valence-corrected chi connectivity index (χ1v) is 6.77. The van der Waals surface area contributed by atoms with Crippen LogP contribution in [0.2, 0.25) is 0 Å². The smallest absolute Gasteiger partial charge is 0.163 e. The molecule has 21 heavy (non-hydrogen) atoms. The minimum atomic E-state index is -0.00296. The van der Waals surface area contributed by atoms with E-state index in [1.165, 1.54) is 6.92 Å². The van der Waals surface area contributed by atoms with Gasteiger partial charge in [0, 0.05) is 0 Å². The topological polar surface area (TPSA) is 57.0 Å². The molecule has 0 amide bonds. The molecule has 0 fully saturated rings. The maximum absolute atomic E-state index is 11.5. The van der Waals surface area contributed by atoms with Gasteiger partial charge in [0.15, 0.2) is 5.78 Å². The molecule has 0 bridgehead atoms. The fourth-order valence-corrected chi connectivity index (χ4v) is 2.21. The molecule has 0 aliphatic heterocycles. The van der Waals surface area contributed by atoms with Gasteiger partial charge in [0.2, 0.25) is 0 Å². The summed E-state index contributed by atoms with van der Waals surface area (Å²) in [6.45, 7) is 2.54. The van der Waals surface area contributed by atoms with E-state index < -0.39 is 0 Å². The van der Waals surface area contributed by atoms with Crippen LogP contribution in [0.4, 0.5) is 0 Å². The third kappa shape index (κ3) is 2.76. The van der Waals surface area contributed by atoms with Crippen LogP contribution in [0.1, 0.15) is 17.3 Å². The molecule has 106 valence electrons. The van der Waals surface area contributed by atoms with E-state index in [2.05, 4.69) is 10.3 Å². The Morgan fingerprint density at radius 2 is 1.90 bits per heavy atom. The first kappa shape index (κ1) is 13.3. The van der Waals surface area contributed by atoms with Gasteiger partial charge in [-0.3, -0.25) is 4.79 Å². The Bertz CT molecular complexity index is 780. The number of carbonyl (C=O) groups excluding carboxylic acids is 1. The monoisotopic (exact) mass is 281 g/mol. The molecular weight excluding hydrogens is 266 g/mol. The fourth-order valence-electron chi connectivity index (χ4n) is 2.21. The van der Waals surface area contributed by atoms with Gasteiger partial charge in [-0.1, -0.05) is 29.5 Å². The van der Waals surface area contributed by atoms with Crippen molar-refractivity contribution in [3.05, 3.63) is 54.1 Å². The Hall–Kier alpha value is -2.69. The van der Waals surface area contributed by atoms with Gasteiger partial charge < -0.3 is 4.74 Å². The van der Waals surface area contributed by atoms with Gasteiger partial charge in [0.25, 0.3) is 0 Å². The van der Waals surface area contributed by atoms with E-state index in [-0.39, 0.29) is 5.78 Å². The number of nitrogens with zero attached hydrogens (tertiary/aromatic N) is 3. The number of ketones is 1. The Balaban J connectivity index is 1.71. The van der Waals surface area contributed by atoms with Crippen molar-refractivity contribution in [2.24, 2.45) is 0 Å². The van der Waals surface area contributed by atoms with Crippen LogP contribution < -0.4 is 4.74 Å². The number of rotatable bonds is 5. The van der Waals surface area contributed by atoms with Crippen LogP contribution in [0.5, 0.6) is 5.75 Å². The van der Waals surface area contributed by atoms with Gasteiger partial charge in [-0.15, -0.1) is 5.10 Å². The van der Waals surface area contributed by atoms with E-state index in [1.54, 1.807) is 16.8 Å². The lowest BCUT2D eigenvalue weighted by atomic mass is 10.1. The highest BCUT2D eigenvalue weighted by atomic mass is 16.5. The molecule has 0 saturated carbocycles. The largest absolute Gasteiger partial charge is 0.491 e. The third-order valence-corrected chi connectivity index (χ3v) is 3.25. The summed E-state index contributed by atoms with van der Waals surface area (Å²) in [4.78, 5) is 11.5. The van der Waals surface area contributed by atoms with Crippen molar-refractivity contribution in [1.82, 2.24) is 15.0 Å². The summed E-state index contributed by atoms with van der Waals surface area (Å²) >= 11 is 0. The lowest BCUT2D eigenvalue weighted by Crippen LogP contribution is -2.11. The second-order valence-electron chi connectivity index (χ2n) is 4.70.